The molecule has 1 aliphatic rings. The highest BCUT2D eigenvalue weighted by molar-refractivity contribution is 8.26. The van der Waals surface area contributed by atoms with Gasteiger partial charge in [0.05, 0.1) is 9.83 Å². The van der Waals surface area contributed by atoms with Crippen LogP contribution in [0.3, 0.4) is 0 Å². The van der Waals surface area contributed by atoms with E-state index >= 15 is 0 Å². The first kappa shape index (κ1) is 20.1. The van der Waals surface area contributed by atoms with Crippen LogP contribution in [0.5, 0.6) is 0 Å². The molecular formula is C22H17N3O3S2. The molecular weight excluding hydrogens is 418 g/mol. The Kier molecular flexibility index (Phi) is 5.78. The number of hydrogen-bond acceptors (Lipinski definition) is 5. The molecule has 2 aromatic carbocycles. The van der Waals surface area contributed by atoms with Gasteiger partial charge >= 0.3 is 0 Å². The maximum atomic E-state index is 12.8. The number of aromatic nitrogens is 1. The zero-order valence-corrected chi connectivity index (χ0v) is 17.4. The van der Waals surface area contributed by atoms with Crippen molar-refractivity contribution in [3.05, 3.63) is 93.0 Å². The second kappa shape index (κ2) is 8.64. The number of hydrogen-bond donors (Lipinski definition) is 1. The average Bonchev–Trinajstić information content (AvgIpc) is 3.32. The third-order valence-corrected chi connectivity index (χ3v) is 6.10. The van der Waals surface area contributed by atoms with E-state index in [1.165, 1.54) is 23.9 Å². The van der Waals surface area contributed by atoms with E-state index in [0.29, 0.717) is 15.8 Å². The minimum Gasteiger partial charge on any atom is -0.355 e. The van der Waals surface area contributed by atoms with E-state index in [-0.39, 0.29) is 11.6 Å². The van der Waals surface area contributed by atoms with Crippen molar-refractivity contribution in [2.75, 3.05) is 6.54 Å². The first-order chi connectivity index (χ1) is 14.5. The topological polar surface area (TPSA) is 79.2 Å². The summed E-state index contributed by atoms with van der Waals surface area (Å²) < 4.78 is 0.560. The molecule has 1 saturated heterocycles. The molecule has 0 atom stereocenters. The lowest BCUT2D eigenvalue weighted by molar-refractivity contribution is -0.384. The molecule has 6 nitrogen and oxygen atoms in total. The molecule has 1 aliphatic heterocycles. The molecule has 2 heterocycles. The lowest BCUT2D eigenvalue weighted by Gasteiger charge is -2.14. The highest BCUT2D eigenvalue weighted by atomic mass is 32.2. The van der Waals surface area contributed by atoms with E-state index in [1.807, 2.05) is 42.5 Å². The van der Waals surface area contributed by atoms with Crippen LogP contribution in [-0.4, -0.2) is 31.6 Å². The van der Waals surface area contributed by atoms with Crippen LogP contribution in [-0.2, 0) is 11.2 Å². The summed E-state index contributed by atoms with van der Waals surface area (Å²) in [5.41, 5.74) is 3.62. The maximum Gasteiger partial charge on any atom is 0.269 e. The molecule has 30 heavy (non-hydrogen) atoms. The zero-order valence-electron chi connectivity index (χ0n) is 15.8. The van der Waals surface area contributed by atoms with E-state index in [2.05, 4.69) is 4.98 Å². The number of thiocarbonyl (C=S) groups is 1. The number of non-ortho nitro benzene ring substituents is 1. The number of nitro benzene ring substituents is 1. The van der Waals surface area contributed by atoms with Gasteiger partial charge in [-0.15, -0.1) is 0 Å². The Hall–Kier alpha value is -3.23. The summed E-state index contributed by atoms with van der Waals surface area (Å²) in [5, 5.41) is 10.8. The van der Waals surface area contributed by atoms with Crippen molar-refractivity contribution in [1.82, 2.24) is 9.88 Å². The number of H-pyrrole nitrogens is 1. The highest BCUT2D eigenvalue weighted by Gasteiger charge is 2.31. The number of aromatic amines is 1. The number of nitrogens with zero attached hydrogens (tertiary/aromatic N) is 2. The van der Waals surface area contributed by atoms with E-state index < -0.39 is 4.92 Å². The van der Waals surface area contributed by atoms with E-state index in [9.17, 15) is 14.9 Å². The molecule has 0 aliphatic carbocycles. The quantitative estimate of drug-likeness (QED) is 0.254. The zero-order chi connectivity index (χ0) is 21.1. The molecule has 4 rings (SSSR count). The Morgan fingerprint density at radius 2 is 1.80 bits per heavy atom. The van der Waals surface area contributed by atoms with E-state index in [1.54, 1.807) is 23.1 Å². The predicted molar refractivity (Wildman–Crippen MR) is 123 cm³/mol. The summed E-state index contributed by atoms with van der Waals surface area (Å²) in [5.74, 6) is -0.0904. The monoisotopic (exact) mass is 435 g/mol. The second-order valence-electron chi connectivity index (χ2n) is 6.70. The van der Waals surface area contributed by atoms with Crippen LogP contribution in [0.4, 0.5) is 5.69 Å². The van der Waals surface area contributed by atoms with Crippen molar-refractivity contribution in [2.24, 2.45) is 0 Å². The number of amides is 1. The highest BCUT2D eigenvalue weighted by Crippen LogP contribution is 2.33. The van der Waals surface area contributed by atoms with Gasteiger partial charge in [-0.1, -0.05) is 54.3 Å². The van der Waals surface area contributed by atoms with Crippen LogP contribution in [0.2, 0.25) is 0 Å². The van der Waals surface area contributed by atoms with Crippen LogP contribution < -0.4 is 0 Å². The van der Waals surface area contributed by atoms with Gasteiger partial charge in [0.1, 0.15) is 4.32 Å². The maximum absolute atomic E-state index is 12.8. The molecule has 1 amide bonds. The van der Waals surface area contributed by atoms with Gasteiger partial charge in [-0.3, -0.25) is 19.8 Å². The van der Waals surface area contributed by atoms with Gasteiger partial charge in [0.25, 0.3) is 11.6 Å². The summed E-state index contributed by atoms with van der Waals surface area (Å²) in [6.45, 7) is 0.546. The standard InChI is InChI=1S/C22H17N3O3S2/c26-21-20(30-22(29)24(21)13-12-15-4-2-1-3-5-15)14-17-8-11-19(23-17)16-6-9-18(10-7-16)25(27)28/h1-11,14,23H,12-13H2/b20-14+. The Labute approximate surface area is 182 Å². The molecule has 1 N–H and O–H groups in total. The number of benzene rings is 2. The second-order valence-corrected chi connectivity index (χ2v) is 8.38. The van der Waals surface area contributed by atoms with Crippen molar-refractivity contribution < 1.29 is 9.72 Å². The van der Waals surface area contributed by atoms with Crippen molar-refractivity contribution in [3.8, 4) is 11.3 Å². The number of carbonyl (C=O) groups is 1. The van der Waals surface area contributed by atoms with Gasteiger partial charge in [0.2, 0.25) is 0 Å². The Morgan fingerprint density at radius 3 is 2.50 bits per heavy atom. The normalized spacial score (nSPS) is 15.2. The minimum atomic E-state index is -0.427. The van der Waals surface area contributed by atoms with E-state index in [0.717, 1.165) is 28.9 Å². The van der Waals surface area contributed by atoms with Crippen molar-refractivity contribution in [2.45, 2.75) is 6.42 Å². The molecule has 0 spiro atoms. The summed E-state index contributed by atoms with van der Waals surface area (Å²) in [4.78, 5) is 28.6. The molecule has 0 radical (unpaired) electrons. The van der Waals surface area contributed by atoms with Crippen molar-refractivity contribution in [1.29, 1.82) is 0 Å². The van der Waals surface area contributed by atoms with Crippen molar-refractivity contribution >= 4 is 46.0 Å². The SMILES string of the molecule is O=C1/C(=C\c2ccc(-c3ccc([N+](=O)[O-])cc3)[nH]2)SC(=S)N1CCc1ccccc1. The Bertz CT molecular complexity index is 1140. The van der Waals surface area contributed by atoms with Gasteiger partial charge < -0.3 is 4.98 Å². The number of thioether (sulfide) groups is 1. The average molecular weight is 436 g/mol. The number of carbonyl (C=O) groups excluding carboxylic acids is 1. The first-order valence-corrected chi connectivity index (χ1v) is 10.5. The van der Waals surface area contributed by atoms with Crippen LogP contribution in [0.15, 0.2) is 71.6 Å². The minimum absolute atomic E-state index is 0.0460. The number of nitrogens with one attached hydrogen (secondary N) is 1. The molecule has 0 bridgehead atoms. The van der Waals surface area contributed by atoms with Gasteiger partial charge in [0, 0.05) is 30.1 Å². The summed E-state index contributed by atoms with van der Waals surface area (Å²) in [6.07, 6.45) is 2.53. The Morgan fingerprint density at radius 1 is 1.07 bits per heavy atom. The fourth-order valence-electron chi connectivity index (χ4n) is 3.15. The number of nitro groups is 1. The van der Waals surface area contributed by atoms with Crippen LogP contribution in [0, 0.1) is 10.1 Å². The lowest BCUT2D eigenvalue weighted by atomic mass is 10.1. The lowest BCUT2D eigenvalue weighted by Crippen LogP contribution is -2.30. The van der Waals surface area contributed by atoms with Crippen LogP contribution in [0.1, 0.15) is 11.3 Å². The van der Waals surface area contributed by atoms with Gasteiger partial charge in [-0.2, -0.15) is 0 Å². The van der Waals surface area contributed by atoms with E-state index in [4.69, 9.17) is 12.2 Å². The molecule has 1 aromatic heterocycles. The van der Waals surface area contributed by atoms with Gasteiger partial charge in [0.15, 0.2) is 0 Å². The fraction of sp³-hybridized carbons (Fsp3) is 0.0909. The van der Waals surface area contributed by atoms with Crippen LogP contribution >= 0.6 is 24.0 Å². The predicted octanol–water partition coefficient (Wildman–Crippen LogP) is 5.03. The largest absolute Gasteiger partial charge is 0.355 e. The van der Waals surface area contributed by atoms with Gasteiger partial charge in [-0.05, 0) is 47.9 Å². The smallest absolute Gasteiger partial charge is 0.269 e. The Balaban J connectivity index is 1.46. The summed E-state index contributed by atoms with van der Waals surface area (Å²) in [6, 6.07) is 20.1. The van der Waals surface area contributed by atoms with Gasteiger partial charge in [-0.25, -0.2) is 0 Å². The molecule has 8 heteroatoms. The van der Waals surface area contributed by atoms with Crippen molar-refractivity contribution in [3.63, 3.8) is 0 Å². The third kappa shape index (κ3) is 4.34. The summed E-state index contributed by atoms with van der Waals surface area (Å²) in [7, 11) is 0. The number of rotatable bonds is 6. The molecule has 0 unspecified atom stereocenters. The molecule has 150 valence electrons. The third-order valence-electron chi connectivity index (χ3n) is 4.72. The van der Waals surface area contributed by atoms with Crippen LogP contribution in [0.25, 0.3) is 17.3 Å². The summed E-state index contributed by atoms with van der Waals surface area (Å²) >= 11 is 6.70. The molecule has 1 fully saturated rings. The first-order valence-electron chi connectivity index (χ1n) is 9.24. The molecule has 3 aromatic rings. The fourth-order valence-corrected chi connectivity index (χ4v) is 4.45. The molecule has 0 saturated carbocycles.